The maximum Gasteiger partial charge on any atom is 0.0240 e. The van der Waals surface area contributed by atoms with Crippen LogP contribution < -0.4 is 0 Å². The van der Waals surface area contributed by atoms with Gasteiger partial charge in [0.25, 0.3) is 0 Å². The van der Waals surface area contributed by atoms with Gasteiger partial charge in [0.15, 0.2) is 0 Å². The molecule has 2 atom stereocenters. The number of benzene rings is 2. The van der Waals surface area contributed by atoms with E-state index >= 15 is 0 Å². The van der Waals surface area contributed by atoms with E-state index in [1.54, 1.807) is 0 Å². The van der Waals surface area contributed by atoms with Crippen LogP contribution in [0.5, 0.6) is 0 Å². The number of piperidine rings is 1. The van der Waals surface area contributed by atoms with Crippen LogP contribution in [0.4, 0.5) is 0 Å². The van der Waals surface area contributed by atoms with E-state index in [9.17, 15) is 0 Å². The Hall–Kier alpha value is -0.860. The number of rotatable bonds is 2. The van der Waals surface area contributed by atoms with E-state index < -0.39 is 0 Å². The summed E-state index contributed by atoms with van der Waals surface area (Å²) in [6, 6.07) is 15.3. The standard InChI is InChI=1S/C17H20BrN/c1-13-11-19(10-9-17(13)18)12-15-7-4-6-14-5-2-3-8-16(14)15/h2-8,13,17H,9-12H2,1H3. The van der Waals surface area contributed by atoms with Crippen molar-refractivity contribution in [3.63, 3.8) is 0 Å². The molecule has 1 aliphatic rings. The van der Waals surface area contributed by atoms with Crippen molar-refractivity contribution in [3.8, 4) is 0 Å². The highest BCUT2D eigenvalue weighted by molar-refractivity contribution is 9.09. The number of nitrogens with zero attached hydrogens (tertiary/aromatic N) is 1. The topological polar surface area (TPSA) is 3.24 Å². The largest absolute Gasteiger partial charge is 0.299 e. The number of alkyl halides is 1. The molecule has 1 fully saturated rings. The second-order valence-corrected chi connectivity index (χ2v) is 6.83. The molecule has 1 saturated heterocycles. The zero-order valence-electron chi connectivity index (χ0n) is 11.3. The molecule has 19 heavy (non-hydrogen) atoms. The summed E-state index contributed by atoms with van der Waals surface area (Å²) < 4.78 is 0. The van der Waals surface area contributed by atoms with Gasteiger partial charge in [0, 0.05) is 17.9 Å². The molecule has 0 bridgehead atoms. The van der Waals surface area contributed by atoms with Crippen molar-refractivity contribution in [2.75, 3.05) is 13.1 Å². The van der Waals surface area contributed by atoms with Crippen LogP contribution in [0, 0.1) is 5.92 Å². The van der Waals surface area contributed by atoms with E-state index in [-0.39, 0.29) is 0 Å². The fourth-order valence-corrected chi connectivity index (χ4v) is 3.39. The van der Waals surface area contributed by atoms with Crippen LogP contribution in [0.2, 0.25) is 0 Å². The molecule has 1 aliphatic heterocycles. The first-order valence-corrected chi connectivity index (χ1v) is 7.98. The van der Waals surface area contributed by atoms with Crippen LogP contribution in [-0.2, 0) is 6.54 Å². The lowest BCUT2D eigenvalue weighted by atomic mass is 9.98. The van der Waals surface area contributed by atoms with Crippen molar-refractivity contribution in [3.05, 3.63) is 48.0 Å². The second-order valence-electron chi connectivity index (χ2n) is 5.66. The fraction of sp³-hybridized carbons (Fsp3) is 0.412. The summed E-state index contributed by atoms with van der Waals surface area (Å²) in [5.74, 6) is 0.740. The van der Waals surface area contributed by atoms with E-state index in [1.807, 2.05) is 0 Å². The van der Waals surface area contributed by atoms with Crippen molar-refractivity contribution in [2.24, 2.45) is 5.92 Å². The third-order valence-electron chi connectivity index (χ3n) is 4.16. The molecule has 0 aliphatic carbocycles. The van der Waals surface area contributed by atoms with Crippen LogP contribution in [0.1, 0.15) is 18.9 Å². The van der Waals surface area contributed by atoms with E-state index in [0.29, 0.717) is 4.83 Å². The third-order valence-corrected chi connectivity index (χ3v) is 5.52. The first kappa shape index (κ1) is 13.1. The normalized spacial score (nSPS) is 24.7. The minimum absolute atomic E-state index is 0.691. The van der Waals surface area contributed by atoms with Gasteiger partial charge in [-0.1, -0.05) is 65.3 Å². The molecule has 100 valence electrons. The van der Waals surface area contributed by atoms with Crippen LogP contribution in [0.3, 0.4) is 0 Å². The predicted octanol–water partition coefficient (Wildman–Crippen LogP) is 4.45. The summed E-state index contributed by atoms with van der Waals surface area (Å²) in [7, 11) is 0. The van der Waals surface area contributed by atoms with Crippen LogP contribution in [0.25, 0.3) is 10.8 Å². The van der Waals surface area contributed by atoms with E-state index in [1.165, 1.54) is 35.8 Å². The van der Waals surface area contributed by atoms with Gasteiger partial charge in [0.05, 0.1) is 0 Å². The van der Waals surface area contributed by atoms with Gasteiger partial charge in [-0.15, -0.1) is 0 Å². The summed E-state index contributed by atoms with van der Waals surface area (Å²) in [5, 5.41) is 2.75. The Morgan fingerprint density at radius 3 is 2.79 bits per heavy atom. The minimum atomic E-state index is 0.691. The maximum atomic E-state index is 3.78. The minimum Gasteiger partial charge on any atom is -0.299 e. The summed E-state index contributed by atoms with van der Waals surface area (Å²) in [6.45, 7) is 5.81. The first-order chi connectivity index (χ1) is 9.24. The van der Waals surface area contributed by atoms with Gasteiger partial charge >= 0.3 is 0 Å². The summed E-state index contributed by atoms with van der Waals surface area (Å²) in [6.07, 6.45) is 1.26. The molecule has 0 saturated carbocycles. The predicted molar refractivity (Wildman–Crippen MR) is 85.7 cm³/mol. The molecule has 0 amide bonds. The number of hydrogen-bond donors (Lipinski definition) is 0. The van der Waals surface area contributed by atoms with Gasteiger partial charge in [-0.2, -0.15) is 0 Å². The van der Waals surface area contributed by atoms with Gasteiger partial charge in [0.2, 0.25) is 0 Å². The number of hydrogen-bond acceptors (Lipinski definition) is 1. The van der Waals surface area contributed by atoms with Crippen LogP contribution >= 0.6 is 15.9 Å². The Morgan fingerprint density at radius 1 is 1.16 bits per heavy atom. The Balaban J connectivity index is 1.82. The summed E-state index contributed by atoms with van der Waals surface area (Å²) >= 11 is 3.78. The lowest BCUT2D eigenvalue weighted by Crippen LogP contribution is -2.39. The van der Waals surface area contributed by atoms with Gasteiger partial charge < -0.3 is 0 Å². The molecule has 1 nitrogen and oxygen atoms in total. The molecule has 0 aromatic heterocycles. The van der Waals surface area contributed by atoms with Crippen molar-refractivity contribution >= 4 is 26.7 Å². The Morgan fingerprint density at radius 2 is 1.95 bits per heavy atom. The smallest absolute Gasteiger partial charge is 0.0240 e. The third kappa shape index (κ3) is 2.85. The highest BCUT2D eigenvalue weighted by atomic mass is 79.9. The van der Waals surface area contributed by atoms with E-state index in [2.05, 4.69) is 70.2 Å². The highest BCUT2D eigenvalue weighted by Crippen LogP contribution is 2.26. The highest BCUT2D eigenvalue weighted by Gasteiger charge is 2.23. The Kier molecular flexibility index (Phi) is 3.90. The van der Waals surface area contributed by atoms with Crippen molar-refractivity contribution in [1.82, 2.24) is 4.90 Å². The zero-order chi connectivity index (χ0) is 13.2. The molecule has 1 heterocycles. The average Bonchev–Trinajstić information content (AvgIpc) is 2.43. The Labute approximate surface area is 123 Å². The first-order valence-electron chi connectivity index (χ1n) is 7.07. The van der Waals surface area contributed by atoms with Gasteiger partial charge in [-0.3, -0.25) is 4.90 Å². The summed E-state index contributed by atoms with van der Waals surface area (Å²) in [4.78, 5) is 3.28. The van der Waals surface area contributed by atoms with Gasteiger partial charge in [-0.05, 0) is 35.2 Å². The molecule has 3 rings (SSSR count). The van der Waals surface area contributed by atoms with Crippen molar-refractivity contribution in [2.45, 2.75) is 24.7 Å². The molecule has 2 aromatic carbocycles. The monoisotopic (exact) mass is 317 g/mol. The lowest BCUT2D eigenvalue weighted by molar-refractivity contribution is 0.184. The quantitative estimate of drug-likeness (QED) is 0.740. The van der Waals surface area contributed by atoms with Gasteiger partial charge in [0.1, 0.15) is 0 Å². The van der Waals surface area contributed by atoms with Crippen molar-refractivity contribution in [1.29, 1.82) is 0 Å². The lowest BCUT2D eigenvalue weighted by Gasteiger charge is -2.34. The van der Waals surface area contributed by atoms with Crippen molar-refractivity contribution < 1.29 is 0 Å². The van der Waals surface area contributed by atoms with Crippen LogP contribution in [-0.4, -0.2) is 22.8 Å². The molecule has 0 N–H and O–H groups in total. The molecular formula is C17H20BrN. The number of likely N-dealkylation sites (tertiary alicyclic amines) is 1. The summed E-state index contributed by atoms with van der Waals surface area (Å²) in [5.41, 5.74) is 1.46. The molecule has 0 spiro atoms. The Bertz CT molecular complexity index is 561. The molecule has 2 aromatic rings. The SMILES string of the molecule is CC1CN(Cc2cccc3ccccc23)CCC1Br. The van der Waals surface area contributed by atoms with Crippen LogP contribution in [0.15, 0.2) is 42.5 Å². The zero-order valence-corrected chi connectivity index (χ0v) is 12.9. The maximum absolute atomic E-state index is 3.78. The number of fused-ring (bicyclic) bond motifs is 1. The molecule has 0 radical (unpaired) electrons. The second kappa shape index (κ2) is 5.64. The van der Waals surface area contributed by atoms with E-state index in [4.69, 9.17) is 0 Å². The molecule has 2 unspecified atom stereocenters. The van der Waals surface area contributed by atoms with Gasteiger partial charge in [-0.25, -0.2) is 0 Å². The fourth-order valence-electron chi connectivity index (χ4n) is 3.02. The number of halogens is 1. The van der Waals surface area contributed by atoms with E-state index in [0.717, 1.165) is 12.5 Å². The molecular weight excluding hydrogens is 298 g/mol. The molecule has 2 heteroatoms. The average molecular weight is 318 g/mol.